The molecular formula is C44H46BNO2. The van der Waals surface area contributed by atoms with Crippen molar-refractivity contribution in [2.24, 2.45) is 17.3 Å². The van der Waals surface area contributed by atoms with Gasteiger partial charge in [-0.2, -0.15) is 0 Å². The number of hydrogen-bond donors (Lipinski definition) is 2. The third-order valence-corrected chi connectivity index (χ3v) is 10.5. The second-order valence-electron chi connectivity index (χ2n) is 13.6. The van der Waals surface area contributed by atoms with Gasteiger partial charge < -0.3 is 15.1 Å². The van der Waals surface area contributed by atoms with E-state index in [0.29, 0.717) is 12.4 Å². The van der Waals surface area contributed by atoms with Crippen LogP contribution in [-0.4, -0.2) is 24.6 Å². The van der Waals surface area contributed by atoms with Crippen molar-refractivity contribution in [1.29, 1.82) is 0 Å². The third-order valence-electron chi connectivity index (χ3n) is 10.5. The third kappa shape index (κ3) is 6.58. The first-order chi connectivity index (χ1) is 23.3. The van der Waals surface area contributed by atoms with Crippen molar-refractivity contribution in [1.82, 2.24) is 0 Å². The molecule has 242 valence electrons. The van der Waals surface area contributed by atoms with Crippen LogP contribution in [0.3, 0.4) is 0 Å². The summed E-state index contributed by atoms with van der Waals surface area (Å²) in [6.45, 7) is 7.29. The van der Waals surface area contributed by atoms with Crippen LogP contribution < -0.4 is 4.90 Å². The molecule has 4 aromatic carbocycles. The van der Waals surface area contributed by atoms with Crippen LogP contribution in [-0.2, 0) is 6.42 Å². The molecule has 2 N–H and O–H groups in total. The monoisotopic (exact) mass is 631 g/mol. The SMILES string of the molecule is BC1C(/C=C\CN(c2cccc(/C=C\C)c2O)c2cccc3ccccc23)C2=CCC(C(/C=C\Cc3ccccc3)=C/O)C=C2C1(C)C. The van der Waals surface area contributed by atoms with E-state index in [0.717, 1.165) is 40.7 Å². The molecule has 2 aliphatic rings. The zero-order chi connectivity index (χ0) is 33.7. The van der Waals surface area contributed by atoms with Gasteiger partial charge in [0.1, 0.15) is 13.6 Å². The summed E-state index contributed by atoms with van der Waals surface area (Å²) in [6.07, 6.45) is 20.6. The second kappa shape index (κ2) is 14.4. The lowest BCUT2D eigenvalue weighted by atomic mass is 9.65. The Morgan fingerprint density at radius 2 is 1.65 bits per heavy atom. The summed E-state index contributed by atoms with van der Waals surface area (Å²) in [5.41, 5.74) is 7.64. The van der Waals surface area contributed by atoms with Gasteiger partial charge in [-0.15, -0.1) is 0 Å². The molecule has 48 heavy (non-hydrogen) atoms. The molecule has 0 aromatic heterocycles. The molecule has 0 heterocycles. The predicted molar refractivity (Wildman–Crippen MR) is 207 cm³/mol. The Kier molecular flexibility index (Phi) is 9.91. The highest BCUT2D eigenvalue weighted by Gasteiger charge is 2.46. The first-order valence-corrected chi connectivity index (χ1v) is 17.2. The number of nitrogens with zero attached hydrogens (tertiary/aromatic N) is 1. The molecule has 2 aliphatic carbocycles. The van der Waals surface area contributed by atoms with Gasteiger partial charge in [0.15, 0.2) is 0 Å². The fourth-order valence-corrected chi connectivity index (χ4v) is 7.47. The minimum absolute atomic E-state index is 0.0117. The van der Waals surface area contributed by atoms with Gasteiger partial charge in [-0.25, -0.2) is 0 Å². The Morgan fingerprint density at radius 1 is 0.917 bits per heavy atom. The van der Waals surface area contributed by atoms with Crippen molar-refractivity contribution in [2.45, 2.75) is 39.4 Å². The first kappa shape index (κ1) is 33.0. The Hall–Kier alpha value is -4.96. The van der Waals surface area contributed by atoms with Crippen LogP contribution in [0.15, 0.2) is 157 Å². The lowest BCUT2D eigenvalue weighted by Gasteiger charge is -2.29. The molecule has 1 saturated carbocycles. The van der Waals surface area contributed by atoms with E-state index in [1.54, 1.807) is 0 Å². The molecule has 0 bridgehead atoms. The molecule has 3 atom stereocenters. The highest BCUT2D eigenvalue weighted by Crippen LogP contribution is 2.58. The van der Waals surface area contributed by atoms with E-state index in [9.17, 15) is 10.2 Å². The molecule has 0 radical (unpaired) electrons. The average Bonchev–Trinajstić information content (AvgIpc) is 3.30. The topological polar surface area (TPSA) is 43.7 Å². The average molecular weight is 632 g/mol. The molecule has 3 unspecified atom stereocenters. The summed E-state index contributed by atoms with van der Waals surface area (Å²) < 4.78 is 0. The predicted octanol–water partition coefficient (Wildman–Crippen LogP) is 10.5. The van der Waals surface area contributed by atoms with E-state index in [-0.39, 0.29) is 23.0 Å². The number of phenolic OH excluding ortho intramolecular Hbond substituents is 1. The maximum atomic E-state index is 11.4. The molecule has 1 fully saturated rings. The summed E-state index contributed by atoms with van der Waals surface area (Å²) in [5, 5.41) is 24.0. The molecule has 4 aromatic rings. The van der Waals surface area contributed by atoms with Crippen molar-refractivity contribution >= 4 is 36.1 Å². The van der Waals surface area contributed by atoms with E-state index in [1.807, 2.05) is 43.3 Å². The lowest BCUT2D eigenvalue weighted by molar-refractivity contribution is 0.433. The number of para-hydroxylation sites is 1. The maximum absolute atomic E-state index is 11.4. The van der Waals surface area contributed by atoms with Gasteiger partial charge in [0, 0.05) is 29.1 Å². The molecule has 0 spiro atoms. The number of hydrogen-bond acceptors (Lipinski definition) is 3. The Morgan fingerprint density at radius 3 is 2.44 bits per heavy atom. The summed E-state index contributed by atoms with van der Waals surface area (Å²) in [4.78, 5) is 2.23. The maximum Gasteiger partial charge on any atom is 0.146 e. The lowest BCUT2D eigenvalue weighted by Crippen LogP contribution is -2.19. The quantitative estimate of drug-likeness (QED) is 0.0792. The largest absolute Gasteiger partial charge is 0.515 e. The molecule has 6 rings (SSSR count). The Labute approximate surface area is 287 Å². The summed E-state index contributed by atoms with van der Waals surface area (Å²) >= 11 is 0. The number of aromatic hydroxyl groups is 1. The normalized spacial score (nSPS) is 20.8. The fraction of sp³-hybridized carbons (Fsp3) is 0.227. The van der Waals surface area contributed by atoms with Crippen LogP contribution in [0.2, 0.25) is 5.82 Å². The molecular weight excluding hydrogens is 585 g/mol. The van der Waals surface area contributed by atoms with Crippen LogP contribution in [0, 0.1) is 17.3 Å². The van der Waals surface area contributed by atoms with Crippen molar-refractivity contribution in [3.8, 4) is 5.75 Å². The number of benzene rings is 4. The number of allylic oxidation sites excluding steroid dienone is 9. The molecule has 3 nitrogen and oxygen atoms in total. The zero-order valence-electron chi connectivity index (χ0n) is 28.6. The van der Waals surface area contributed by atoms with Gasteiger partial charge in [0.25, 0.3) is 0 Å². The van der Waals surface area contributed by atoms with E-state index in [2.05, 4.69) is 130 Å². The van der Waals surface area contributed by atoms with Gasteiger partial charge in [0.05, 0.1) is 11.9 Å². The minimum atomic E-state index is -0.0117. The highest BCUT2D eigenvalue weighted by atomic mass is 16.3. The van der Waals surface area contributed by atoms with Gasteiger partial charge in [-0.3, -0.25) is 0 Å². The van der Waals surface area contributed by atoms with Gasteiger partial charge in [-0.1, -0.05) is 147 Å². The van der Waals surface area contributed by atoms with E-state index in [4.69, 9.17) is 0 Å². The summed E-state index contributed by atoms with van der Waals surface area (Å²) in [5.74, 6) is 1.10. The number of rotatable bonds is 10. The standard InChI is InChI=1S/C44H46BNO2/c1-4-14-33-20-12-25-41(42(33)48)46(40-24-11-19-32-18-8-9-22-36(32)40)28-13-23-38-37-27-26-34(29-39(37)44(2,3)43(38)45)35(30-47)21-10-17-31-15-6-5-7-16-31/h4-16,18-25,27,29-30,34,38,43,47-48H,17,26,28,45H2,1-3H3/b14-4-,21-10-,23-13-,35-30+. The zero-order valence-corrected chi connectivity index (χ0v) is 28.6. The van der Waals surface area contributed by atoms with Crippen LogP contribution in [0.4, 0.5) is 11.4 Å². The Bertz CT molecular complexity index is 1940. The van der Waals surface area contributed by atoms with Crippen molar-refractivity contribution in [3.05, 3.63) is 168 Å². The Balaban J connectivity index is 1.28. The van der Waals surface area contributed by atoms with E-state index < -0.39 is 0 Å². The van der Waals surface area contributed by atoms with Crippen molar-refractivity contribution in [2.75, 3.05) is 11.4 Å². The minimum Gasteiger partial charge on any atom is -0.515 e. The molecule has 0 saturated heterocycles. The van der Waals surface area contributed by atoms with Crippen LogP contribution in [0.1, 0.15) is 38.3 Å². The van der Waals surface area contributed by atoms with Gasteiger partial charge >= 0.3 is 0 Å². The van der Waals surface area contributed by atoms with Gasteiger partial charge in [0.2, 0.25) is 0 Å². The number of anilines is 2. The highest BCUT2D eigenvalue weighted by molar-refractivity contribution is 6.14. The molecule has 4 heteroatoms. The van der Waals surface area contributed by atoms with E-state index in [1.165, 1.54) is 28.4 Å². The summed E-state index contributed by atoms with van der Waals surface area (Å²) in [7, 11) is 2.36. The van der Waals surface area contributed by atoms with Crippen LogP contribution in [0.5, 0.6) is 5.75 Å². The van der Waals surface area contributed by atoms with Crippen molar-refractivity contribution in [3.63, 3.8) is 0 Å². The van der Waals surface area contributed by atoms with Gasteiger partial charge in [-0.05, 0) is 70.9 Å². The smallest absolute Gasteiger partial charge is 0.146 e. The van der Waals surface area contributed by atoms with Crippen LogP contribution in [0.25, 0.3) is 16.8 Å². The fourth-order valence-electron chi connectivity index (χ4n) is 7.47. The van der Waals surface area contributed by atoms with E-state index >= 15 is 0 Å². The number of aliphatic hydroxyl groups excluding tert-OH is 1. The number of aliphatic hydroxyl groups is 1. The second-order valence-corrected chi connectivity index (χ2v) is 13.6. The first-order valence-electron chi connectivity index (χ1n) is 17.2. The summed E-state index contributed by atoms with van der Waals surface area (Å²) in [6, 6.07) is 31.2. The number of fused-ring (bicyclic) bond motifs is 2. The van der Waals surface area contributed by atoms with Crippen LogP contribution >= 0.6 is 0 Å². The number of phenols is 1. The van der Waals surface area contributed by atoms with Crippen molar-refractivity contribution < 1.29 is 10.2 Å². The molecule has 0 aliphatic heterocycles. The molecule has 0 amide bonds.